The molecule has 37 heavy (non-hydrogen) atoms. The van der Waals surface area contributed by atoms with Gasteiger partial charge in [-0.15, -0.1) is 0 Å². The molecule has 7 nitrogen and oxygen atoms in total. The van der Waals surface area contributed by atoms with Crippen LogP contribution in [0.3, 0.4) is 0 Å². The number of nitrogens with zero attached hydrogens (tertiary/aromatic N) is 2. The number of aromatic amines is 1. The van der Waals surface area contributed by atoms with Gasteiger partial charge < -0.3 is 24.7 Å². The summed E-state index contributed by atoms with van der Waals surface area (Å²) in [5.41, 5.74) is 2.95. The Morgan fingerprint density at radius 1 is 1.05 bits per heavy atom. The fourth-order valence-corrected chi connectivity index (χ4v) is 4.75. The predicted octanol–water partition coefficient (Wildman–Crippen LogP) is 5.36. The number of rotatable bonds is 10. The zero-order chi connectivity index (χ0) is 26.2. The maximum Gasteiger partial charge on any atom is 0.286 e. The van der Waals surface area contributed by atoms with E-state index in [1.165, 1.54) is 7.11 Å². The van der Waals surface area contributed by atoms with Crippen LogP contribution in [0.15, 0.2) is 60.4 Å². The number of carbonyl (C=O) groups excluding carboxylic acids is 1. The number of anilines is 1. The number of H-pyrrole nitrogens is 1. The maximum absolute atomic E-state index is 12.5. The zero-order valence-corrected chi connectivity index (χ0v) is 22.6. The van der Waals surface area contributed by atoms with E-state index >= 15 is 0 Å². The Morgan fingerprint density at radius 2 is 1.81 bits per heavy atom. The number of hydrogen-bond acceptors (Lipinski definition) is 5. The van der Waals surface area contributed by atoms with Crippen LogP contribution < -0.4 is 15.0 Å². The lowest BCUT2D eigenvalue weighted by Crippen LogP contribution is -2.47. The number of allylic oxidation sites excluding steroid dienone is 2. The summed E-state index contributed by atoms with van der Waals surface area (Å²) in [4.78, 5) is 20.5. The molecule has 1 saturated heterocycles. The average molecular weight is 543 g/mol. The number of ether oxygens (including phenoxy) is 2. The maximum atomic E-state index is 12.5. The normalized spacial score (nSPS) is 14.9. The lowest BCUT2D eigenvalue weighted by atomic mass is 10.2. The van der Waals surface area contributed by atoms with Crippen LogP contribution in [0.4, 0.5) is 5.69 Å². The first-order valence-corrected chi connectivity index (χ1v) is 13.0. The highest BCUT2D eigenvalue weighted by Gasteiger charge is 2.20. The summed E-state index contributed by atoms with van der Waals surface area (Å²) in [6.07, 6.45) is 6.20. The number of amides is 1. The van der Waals surface area contributed by atoms with Crippen LogP contribution in [-0.2, 0) is 9.53 Å². The van der Waals surface area contributed by atoms with Gasteiger partial charge in [-0.2, -0.15) is 0 Å². The molecule has 2 N–H and O–H groups in total. The van der Waals surface area contributed by atoms with E-state index in [-0.39, 0.29) is 11.7 Å². The first-order chi connectivity index (χ1) is 18.0. The van der Waals surface area contributed by atoms with Gasteiger partial charge >= 0.3 is 0 Å². The van der Waals surface area contributed by atoms with Crippen molar-refractivity contribution in [2.45, 2.75) is 6.42 Å². The molecule has 1 aliphatic rings. The van der Waals surface area contributed by atoms with E-state index < -0.39 is 0 Å². The molecule has 1 aliphatic heterocycles. The van der Waals surface area contributed by atoms with Gasteiger partial charge in [-0.25, -0.2) is 0 Å². The molecule has 0 bridgehead atoms. The van der Waals surface area contributed by atoms with Gasteiger partial charge in [0.2, 0.25) is 0 Å². The molecule has 0 atom stereocenters. The van der Waals surface area contributed by atoms with Gasteiger partial charge in [0.1, 0.15) is 5.75 Å². The van der Waals surface area contributed by atoms with Crippen molar-refractivity contribution in [3.63, 3.8) is 0 Å². The highest BCUT2D eigenvalue weighted by Crippen LogP contribution is 2.31. The Balaban J connectivity index is 1.20. The van der Waals surface area contributed by atoms with E-state index in [2.05, 4.69) is 20.1 Å². The largest absolute Gasteiger partial charge is 0.495 e. The monoisotopic (exact) mass is 542 g/mol. The van der Waals surface area contributed by atoms with Crippen molar-refractivity contribution in [1.29, 1.82) is 0 Å². The molecule has 1 aromatic heterocycles. The van der Waals surface area contributed by atoms with E-state index in [0.29, 0.717) is 16.6 Å². The number of fused-ring (bicyclic) bond motifs is 1. The van der Waals surface area contributed by atoms with Crippen molar-refractivity contribution < 1.29 is 14.3 Å². The van der Waals surface area contributed by atoms with Crippen LogP contribution in [0, 0.1) is 0 Å². The third kappa shape index (κ3) is 7.22. The van der Waals surface area contributed by atoms with Gasteiger partial charge in [0.05, 0.1) is 19.9 Å². The molecule has 0 spiro atoms. The number of nitrogens with one attached hydrogen (secondary N) is 2. The smallest absolute Gasteiger partial charge is 0.286 e. The molecule has 3 aromatic rings. The first-order valence-electron chi connectivity index (χ1n) is 12.3. The van der Waals surface area contributed by atoms with Gasteiger partial charge in [-0.05, 0) is 67.6 Å². The van der Waals surface area contributed by atoms with Crippen LogP contribution in [0.2, 0.25) is 10.0 Å². The minimum Gasteiger partial charge on any atom is -0.495 e. The standard InChI is InChI=1S/C28H32Cl2N4O3/c1-36-26-10-8-22(30)19-25(26)34-15-13-33(14-16-34)12-4-11-31-28(35)27(37-2)6-3-5-23-18-20-17-21(29)7-9-24(20)32-23/h3,5-10,17-19,32H,4,11-16H2,1-2H3,(H,31,35)/b5-3+,27-6-. The number of hydrogen-bond donors (Lipinski definition) is 2. The highest BCUT2D eigenvalue weighted by atomic mass is 35.5. The highest BCUT2D eigenvalue weighted by molar-refractivity contribution is 6.31. The minimum atomic E-state index is -0.228. The first kappa shape index (κ1) is 26.9. The topological polar surface area (TPSA) is 69.8 Å². The molecule has 196 valence electrons. The Labute approximate surface area is 227 Å². The second kappa shape index (κ2) is 12.9. The molecule has 0 unspecified atom stereocenters. The zero-order valence-electron chi connectivity index (χ0n) is 21.1. The molecule has 0 aliphatic carbocycles. The van der Waals surface area contributed by atoms with Crippen LogP contribution in [0.5, 0.6) is 5.75 Å². The van der Waals surface area contributed by atoms with Crippen molar-refractivity contribution in [2.24, 2.45) is 0 Å². The molecule has 2 heterocycles. The van der Waals surface area contributed by atoms with E-state index in [0.717, 1.165) is 67.2 Å². The van der Waals surface area contributed by atoms with Crippen LogP contribution in [-0.4, -0.2) is 69.3 Å². The third-order valence-corrected chi connectivity index (χ3v) is 6.83. The van der Waals surface area contributed by atoms with Crippen molar-refractivity contribution in [3.8, 4) is 5.75 Å². The molecule has 0 radical (unpaired) electrons. The summed E-state index contributed by atoms with van der Waals surface area (Å²) in [7, 11) is 3.18. The van der Waals surface area contributed by atoms with Crippen LogP contribution in [0.25, 0.3) is 17.0 Å². The van der Waals surface area contributed by atoms with E-state index in [1.54, 1.807) is 19.3 Å². The summed E-state index contributed by atoms with van der Waals surface area (Å²) in [5, 5.41) is 5.38. The Hall–Kier alpha value is -3.13. The van der Waals surface area contributed by atoms with Gasteiger partial charge in [-0.1, -0.05) is 29.3 Å². The second-order valence-corrected chi connectivity index (χ2v) is 9.68. The summed E-state index contributed by atoms with van der Waals surface area (Å²) in [6.45, 7) is 5.17. The molecular formula is C28H32Cl2N4O3. The molecule has 9 heteroatoms. The van der Waals surface area contributed by atoms with E-state index in [1.807, 2.05) is 48.5 Å². The van der Waals surface area contributed by atoms with Crippen molar-refractivity contribution in [2.75, 3.05) is 58.4 Å². The van der Waals surface area contributed by atoms with Crippen molar-refractivity contribution in [1.82, 2.24) is 15.2 Å². The van der Waals surface area contributed by atoms with Crippen molar-refractivity contribution in [3.05, 3.63) is 76.1 Å². The predicted molar refractivity (Wildman–Crippen MR) is 152 cm³/mol. The summed E-state index contributed by atoms with van der Waals surface area (Å²) in [5.74, 6) is 0.872. The molecule has 0 saturated carbocycles. The number of halogens is 2. The Bertz CT molecular complexity index is 1280. The summed E-state index contributed by atoms with van der Waals surface area (Å²) in [6, 6.07) is 13.4. The molecule has 1 fully saturated rings. The molecule has 1 amide bonds. The van der Waals surface area contributed by atoms with Gasteiger partial charge in [0, 0.05) is 59.4 Å². The fourth-order valence-electron chi connectivity index (χ4n) is 4.41. The Kier molecular flexibility index (Phi) is 9.39. The summed E-state index contributed by atoms with van der Waals surface area (Å²) < 4.78 is 10.8. The van der Waals surface area contributed by atoms with Gasteiger partial charge in [-0.3, -0.25) is 9.69 Å². The van der Waals surface area contributed by atoms with Crippen LogP contribution >= 0.6 is 23.2 Å². The number of benzene rings is 2. The second-order valence-electron chi connectivity index (χ2n) is 8.80. The van der Waals surface area contributed by atoms with Crippen molar-refractivity contribution >= 4 is 51.8 Å². The summed E-state index contributed by atoms with van der Waals surface area (Å²) >= 11 is 12.2. The van der Waals surface area contributed by atoms with E-state index in [9.17, 15) is 4.79 Å². The number of aromatic nitrogens is 1. The molecular weight excluding hydrogens is 511 g/mol. The Morgan fingerprint density at radius 3 is 2.57 bits per heavy atom. The number of methoxy groups -OCH3 is 2. The number of piperazine rings is 1. The van der Waals surface area contributed by atoms with Gasteiger partial charge in [0.15, 0.2) is 5.76 Å². The fraction of sp³-hybridized carbons (Fsp3) is 0.321. The minimum absolute atomic E-state index is 0.228. The SMILES string of the molecule is CO/C(=C\C=C\c1cc2cc(Cl)ccc2[nH]1)C(=O)NCCCN1CCN(c2cc(Cl)ccc2OC)CC1. The lowest BCUT2D eigenvalue weighted by molar-refractivity contribution is -0.120. The lowest BCUT2D eigenvalue weighted by Gasteiger charge is -2.36. The number of carbonyl (C=O) groups is 1. The van der Waals surface area contributed by atoms with Gasteiger partial charge in [0.25, 0.3) is 5.91 Å². The van der Waals surface area contributed by atoms with Crippen LogP contribution in [0.1, 0.15) is 12.1 Å². The quantitative estimate of drug-likeness (QED) is 0.156. The molecule has 4 rings (SSSR count). The third-order valence-electron chi connectivity index (χ3n) is 6.36. The average Bonchev–Trinajstić information content (AvgIpc) is 3.31. The molecule has 2 aromatic carbocycles. The van der Waals surface area contributed by atoms with E-state index in [4.69, 9.17) is 32.7 Å².